The zero-order valence-corrected chi connectivity index (χ0v) is 21.4. The van der Waals surface area contributed by atoms with Crippen molar-refractivity contribution in [1.82, 2.24) is 0 Å². The van der Waals surface area contributed by atoms with Crippen LogP contribution in [0.3, 0.4) is 0 Å². The van der Waals surface area contributed by atoms with Gasteiger partial charge in [0.1, 0.15) is 0 Å². The van der Waals surface area contributed by atoms with Crippen LogP contribution >= 0.6 is 0 Å². The van der Waals surface area contributed by atoms with Crippen LogP contribution in [0.25, 0.3) is 54.9 Å². The van der Waals surface area contributed by atoms with E-state index in [0.29, 0.717) is 0 Å². The van der Waals surface area contributed by atoms with E-state index in [4.69, 9.17) is 0 Å². The first kappa shape index (κ1) is 22.3. The number of aryl methyl sites for hydroxylation is 4. The molecule has 0 radical (unpaired) electrons. The lowest BCUT2D eigenvalue weighted by atomic mass is 9.87. The molecule has 0 saturated carbocycles. The summed E-state index contributed by atoms with van der Waals surface area (Å²) < 4.78 is 0. The lowest BCUT2D eigenvalue weighted by molar-refractivity contribution is 1.38. The molecule has 0 fully saturated rings. The third kappa shape index (κ3) is 3.71. The minimum atomic E-state index is 1.26. The highest BCUT2D eigenvalue weighted by atomic mass is 14.2. The summed E-state index contributed by atoms with van der Waals surface area (Å²) in [6, 6.07) is 40.3. The Kier molecular flexibility index (Phi) is 5.46. The first-order chi connectivity index (χ1) is 17.5. The van der Waals surface area contributed by atoms with Crippen molar-refractivity contribution in [3.63, 3.8) is 0 Å². The molecule has 36 heavy (non-hydrogen) atoms. The van der Waals surface area contributed by atoms with E-state index in [1.54, 1.807) is 0 Å². The van der Waals surface area contributed by atoms with Gasteiger partial charge < -0.3 is 0 Å². The van der Waals surface area contributed by atoms with Crippen LogP contribution < -0.4 is 0 Å². The standard InChI is InChI=1S/C36H30/c1-23-10-8-11-24(2)34(23)28-16-18-32-30(20-28)22-31-21-29(35-25(3)12-9-13-26(35)4)17-19-33(31)36(32)27-14-6-5-7-15-27/h5-22H,1-4H3. The number of fused-ring (bicyclic) bond motifs is 2. The lowest BCUT2D eigenvalue weighted by Gasteiger charge is -2.17. The van der Waals surface area contributed by atoms with Crippen molar-refractivity contribution >= 4 is 21.5 Å². The topological polar surface area (TPSA) is 0 Å². The predicted molar refractivity (Wildman–Crippen MR) is 157 cm³/mol. The summed E-state index contributed by atoms with van der Waals surface area (Å²) in [5.74, 6) is 0. The summed E-state index contributed by atoms with van der Waals surface area (Å²) in [5.41, 5.74) is 13.1. The summed E-state index contributed by atoms with van der Waals surface area (Å²) in [6.07, 6.45) is 0. The summed E-state index contributed by atoms with van der Waals surface area (Å²) in [5, 5.41) is 5.15. The van der Waals surface area contributed by atoms with E-state index in [2.05, 4.69) is 137 Å². The van der Waals surface area contributed by atoms with Crippen LogP contribution in [0.2, 0.25) is 0 Å². The van der Waals surface area contributed by atoms with Gasteiger partial charge in [-0.3, -0.25) is 0 Å². The molecule has 0 unspecified atom stereocenters. The Morgan fingerprint density at radius 2 is 0.778 bits per heavy atom. The average molecular weight is 463 g/mol. The Bertz CT molecular complexity index is 1600. The fraction of sp³-hybridized carbons (Fsp3) is 0.111. The third-order valence-electron chi connectivity index (χ3n) is 7.55. The summed E-state index contributed by atoms with van der Waals surface area (Å²) >= 11 is 0. The Labute approximate surface area is 213 Å². The molecule has 0 atom stereocenters. The summed E-state index contributed by atoms with van der Waals surface area (Å²) in [7, 11) is 0. The first-order valence-corrected chi connectivity index (χ1v) is 12.7. The van der Waals surface area contributed by atoms with Crippen LogP contribution in [0, 0.1) is 27.7 Å². The molecule has 0 spiro atoms. The monoisotopic (exact) mass is 462 g/mol. The maximum atomic E-state index is 2.38. The van der Waals surface area contributed by atoms with Gasteiger partial charge in [-0.25, -0.2) is 0 Å². The molecule has 0 aliphatic heterocycles. The molecular formula is C36H30. The van der Waals surface area contributed by atoms with Gasteiger partial charge in [-0.1, -0.05) is 91.0 Å². The molecule has 174 valence electrons. The van der Waals surface area contributed by atoms with Gasteiger partial charge in [0, 0.05) is 0 Å². The van der Waals surface area contributed by atoms with Crippen LogP contribution in [0.4, 0.5) is 0 Å². The van der Waals surface area contributed by atoms with Crippen LogP contribution in [-0.2, 0) is 0 Å². The second-order valence-corrected chi connectivity index (χ2v) is 10.0. The molecule has 0 nitrogen and oxygen atoms in total. The molecule has 0 N–H and O–H groups in total. The maximum Gasteiger partial charge on any atom is -0.00268 e. The Balaban J connectivity index is 1.67. The Hall–Kier alpha value is -4.16. The maximum absolute atomic E-state index is 2.38. The van der Waals surface area contributed by atoms with Gasteiger partial charge in [0.05, 0.1) is 0 Å². The molecule has 0 aliphatic carbocycles. The molecule has 6 aromatic carbocycles. The van der Waals surface area contributed by atoms with Crippen LogP contribution in [0.15, 0.2) is 109 Å². The van der Waals surface area contributed by atoms with E-state index in [1.165, 1.54) is 77.2 Å². The Morgan fingerprint density at radius 1 is 0.333 bits per heavy atom. The number of hydrogen-bond donors (Lipinski definition) is 0. The smallest absolute Gasteiger partial charge is 0.00268 e. The highest BCUT2D eigenvalue weighted by Gasteiger charge is 2.14. The SMILES string of the molecule is Cc1cccc(C)c1-c1ccc2c(-c3ccccc3)c3ccc(-c4c(C)cccc4C)cc3cc2c1. The van der Waals surface area contributed by atoms with Gasteiger partial charge in [0.15, 0.2) is 0 Å². The van der Waals surface area contributed by atoms with Crippen molar-refractivity contribution in [1.29, 1.82) is 0 Å². The van der Waals surface area contributed by atoms with Gasteiger partial charge in [-0.2, -0.15) is 0 Å². The zero-order valence-electron chi connectivity index (χ0n) is 21.4. The van der Waals surface area contributed by atoms with E-state index < -0.39 is 0 Å². The highest BCUT2D eigenvalue weighted by molar-refractivity contribution is 6.14. The summed E-state index contributed by atoms with van der Waals surface area (Å²) in [4.78, 5) is 0. The van der Waals surface area contributed by atoms with Gasteiger partial charge in [-0.05, 0) is 123 Å². The minimum Gasteiger partial charge on any atom is -0.0622 e. The second-order valence-electron chi connectivity index (χ2n) is 10.0. The highest BCUT2D eigenvalue weighted by Crippen LogP contribution is 2.40. The van der Waals surface area contributed by atoms with Gasteiger partial charge in [0.25, 0.3) is 0 Å². The molecule has 0 aliphatic rings. The van der Waals surface area contributed by atoms with E-state index in [9.17, 15) is 0 Å². The van der Waals surface area contributed by atoms with Gasteiger partial charge in [-0.15, -0.1) is 0 Å². The molecule has 6 aromatic rings. The van der Waals surface area contributed by atoms with Crippen molar-refractivity contribution in [2.75, 3.05) is 0 Å². The number of hydrogen-bond acceptors (Lipinski definition) is 0. The lowest BCUT2D eigenvalue weighted by Crippen LogP contribution is -1.91. The molecular weight excluding hydrogens is 432 g/mol. The largest absolute Gasteiger partial charge is 0.0622 e. The fourth-order valence-corrected chi connectivity index (χ4v) is 5.90. The average Bonchev–Trinajstić information content (AvgIpc) is 2.87. The molecule has 0 heteroatoms. The van der Waals surface area contributed by atoms with Crippen molar-refractivity contribution in [2.45, 2.75) is 27.7 Å². The number of benzene rings is 6. The van der Waals surface area contributed by atoms with Crippen LogP contribution in [0.1, 0.15) is 22.3 Å². The van der Waals surface area contributed by atoms with E-state index >= 15 is 0 Å². The van der Waals surface area contributed by atoms with Crippen molar-refractivity contribution in [3.05, 3.63) is 131 Å². The fourth-order valence-electron chi connectivity index (χ4n) is 5.90. The zero-order chi connectivity index (χ0) is 24.8. The van der Waals surface area contributed by atoms with Gasteiger partial charge >= 0.3 is 0 Å². The molecule has 6 rings (SSSR count). The first-order valence-electron chi connectivity index (χ1n) is 12.7. The third-order valence-corrected chi connectivity index (χ3v) is 7.55. The Morgan fingerprint density at radius 3 is 1.22 bits per heavy atom. The second kappa shape index (κ2) is 8.81. The van der Waals surface area contributed by atoms with E-state index in [1.807, 2.05) is 0 Å². The van der Waals surface area contributed by atoms with Crippen molar-refractivity contribution in [3.8, 4) is 33.4 Å². The van der Waals surface area contributed by atoms with Gasteiger partial charge in [0.2, 0.25) is 0 Å². The van der Waals surface area contributed by atoms with Crippen LogP contribution in [0.5, 0.6) is 0 Å². The normalized spacial score (nSPS) is 11.3. The predicted octanol–water partition coefficient (Wildman–Crippen LogP) is 10.2. The van der Waals surface area contributed by atoms with E-state index in [0.717, 1.165) is 0 Å². The molecule has 0 heterocycles. The summed E-state index contributed by atoms with van der Waals surface area (Å²) in [6.45, 7) is 8.83. The molecule has 0 bridgehead atoms. The van der Waals surface area contributed by atoms with Crippen molar-refractivity contribution in [2.24, 2.45) is 0 Å². The van der Waals surface area contributed by atoms with E-state index in [-0.39, 0.29) is 0 Å². The minimum absolute atomic E-state index is 1.26. The van der Waals surface area contributed by atoms with Crippen LogP contribution in [-0.4, -0.2) is 0 Å². The number of rotatable bonds is 3. The molecule has 0 aromatic heterocycles. The molecule has 0 saturated heterocycles. The molecule has 0 amide bonds. The van der Waals surface area contributed by atoms with Crippen molar-refractivity contribution < 1.29 is 0 Å². The quantitative estimate of drug-likeness (QED) is 0.229.